The molecule has 0 unspecified atom stereocenters. The van der Waals surface area contributed by atoms with Crippen LogP contribution in [0.15, 0.2) is 34.7 Å². The van der Waals surface area contributed by atoms with Crippen molar-refractivity contribution in [2.45, 2.75) is 12.8 Å². The Labute approximate surface area is 109 Å². The molecule has 1 aliphatic rings. The minimum atomic E-state index is -0.380. The van der Waals surface area contributed by atoms with E-state index in [4.69, 9.17) is 4.42 Å². The molecule has 1 aromatic carbocycles. The number of carbonyl (C=O) groups excluding carboxylic acids is 1. The molecule has 5 heteroatoms. The topological polar surface area (TPSA) is 73.9 Å². The molecule has 0 spiro atoms. The highest BCUT2D eigenvalue weighted by Crippen LogP contribution is 2.47. The first kappa shape index (κ1) is 11.6. The molecule has 1 aliphatic heterocycles. The molecule has 1 amide bonds. The van der Waals surface area contributed by atoms with Crippen LogP contribution >= 0.6 is 0 Å². The van der Waals surface area contributed by atoms with Crippen LogP contribution in [-0.4, -0.2) is 22.7 Å². The largest absolute Gasteiger partial charge is 0.502 e. The molecule has 0 atom stereocenters. The highest BCUT2D eigenvalue weighted by atomic mass is 16.4. The number of nitrogens with zero attached hydrogens (tertiary/aromatic N) is 1. The number of furan rings is 1. The third-order valence-electron chi connectivity index (χ3n) is 3.20. The molecule has 1 saturated heterocycles. The Morgan fingerprint density at radius 1 is 1.11 bits per heavy atom. The van der Waals surface area contributed by atoms with Gasteiger partial charge in [-0.15, -0.1) is 0 Å². The van der Waals surface area contributed by atoms with Crippen LogP contribution in [0.1, 0.15) is 12.8 Å². The van der Waals surface area contributed by atoms with Crippen molar-refractivity contribution in [1.29, 1.82) is 0 Å². The first-order valence-electron chi connectivity index (χ1n) is 6.09. The summed E-state index contributed by atoms with van der Waals surface area (Å²) in [5.41, 5.74) is 0.646. The fourth-order valence-corrected chi connectivity index (χ4v) is 2.23. The summed E-state index contributed by atoms with van der Waals surface area (Å²) in [5, 5.41) is 19.9. The van der Waals surface area contributed by atoms with Crippen LogP contribution in [0.5, 0.6) is 11.5 Å². The van der Waals surface area contributed by atoms with Crippen molar-refractivity contribution < 1.29 is 19.4 Å². The van der Waals surface area contributed by atoms with Gasteiger partial charge in [-0.2, -0.15) is 0 Å². The summed E-state index contributed by atoms with van der Waals surface area (Å²) in [6.45, 7) is 0.494. The second-order valence-electron chi connectivity index (χ2n) is 4.45. The maximum atomic E-state index is 11.7. The highest BCUT2D eigenvalue weighted by molar-refractivity contribution is 5.96. The number of benzene rings is 1. The van der Waals surface area contributed by atoms with Crippen LogP contribution in [0.2, 0.25) is 0 Å². The Hall–Kier alpha value is -2.43. The van der Waals surface area contributed by atoms with Crippen molar-refractivity contribution in [1.82, 2.24) is 0 Å². The van der Waals surface area contributed by atoms with Crippen molar-refractivity contribution in [3.8, 4) is 22.8 Å². The van der Waals surface area contributed by atoms with Gasteiger partial charge in [0.2, 0.25) is 23.3 Å². The molecule has 0 saturated carbocycles. The van der Waals surface area contributed by atoms with Gasteiger partial charge in [-0.3, -0.25) is 9.69 Å². The van der Waals surface area contributed by atoms with E-state index < -0.39 is 0 Å². The Bertz CT molecular complexity index is 618. The number of amides is 1. The number of anilines is 1. The molecular formula is C14H13NO4. The molecule has 1 fully saturated rings. The lowest BCUT2D eigenvalue weighted by atomic mass is 10.1. The molecule has 0 bridgehead atoms. The third kappa shape index (κ3) is 1.83. The quantitative estimate of drug-likeness (QED) is 0.868. The van der Waals surface area contributed by atoms with Gasteiger partial charge >= 0.3 is 0 Å². The highest BCUT2D eigenvalue weighted by Gasteiger charge is 2.31. The summed E-state index contributed by atoms with van der Waals surface area (Å²) >= 11 is 0. The van der Waals surface area contributed by atoms with Crippen molar-refractivity contribution in [3.05, 3.63) is 30.3 Å². The molecule has 98 valence electrons. The zero-order valence-corrected chi connectivity index (χ0v) is 10.2. The van der Waals surface area contributed by atoms with Crippen LogP contribution in [0.25, 0.3) is 11.3 Å². The molecule has 2 N–H and O–H groups in total. The Kier molecular flexibility index (Phi) is 2.67. The van der Waals surface area contributed by atoms with Gasteiger partial charge in [-0.1, -0.05) is 30.3 Å². The van der Waals surface area contributed by atoms with E-state index in [2.05, 4.69) is 0 Å². The third-order valence-corrected chi connectivity index (χ3v) is 3.20. The smallest absolute Gasteiger partial charge is 0.249 e. The van der Waals surface area contributed by atoms with E-state index in [1.807, 2.05) is 6.07 Å². The minimum Gasteiger partial charge on any atom is -0.502 e. The number of aromatic hydroxyl groups is 2. The average molecular weight is 259 g/mol. The average Bonchev–Trinajstić information content (AvgIpc) is 2.97. The SMILES string of the molecule is O=C1CCCN1c1oc(-c2ccccc2)c(O)c1O. The van der Waals surface area contributed by atoms with Crippen molar-refractivity contribution in [3.63, 3.8) is 0 Å². The van der Waals surface area contributed by atoms with E-state index >= 15 is 0 Å². The van der Waals surface area contributed by atoms with E-state index in [-0.39, 0.29) is 29.1 Å². The first-order valence-corrected chi connectivity index (χ1v) is 6.09. The monoisotopic (exact) mass is 259 g/mol. The number of hydrogen-bond acceptors (Lipinski definition) is 4. The second-order valence-corrected chi connectivity index (χ2v) is 4.45. The number of hydrogen-bond donors (Lipinski definition) is 2. The number of carbonyl (C=O) groups is 1. The predicted octanol–water partition coefficient (Wildman–Crippen LogP) is 2.48. The van der Waals surface area contributed by atoms with Crippen LogP contribution < -0.4 is 4.90 Å². The van der Waals surface area contributed by atoms with Gasteiger partial charge in [-0.25, -0.2) is 0 Å². The lowest BCUT2D eigenvalue weighted by Crippen LogP contribution is -2.23. The summed E-state index contributed by atoms with van der Waals surface area (Å²) in [6.07, 6.45) is 1.15. The fourth-order valence-electron chi connectivity index (χ4n) is 2.23. The van der Waals surface area contributed by atoms with Crippen LogP contribution in [0.3, 0.4) is 0 Å². The van der Waals surface area contributed by atoms with Gasteiger partial charge in [0.05, 0.1) is 0 Å². The summed E-state index contributed by atoms with van der Waals surface area (Å²) in [7, 11) is 0. The summed E-state index contributed by atoms with van der Waals surface area (Å²) in [6, 6.07) is 8.96. The standard InChI is InChI=1S/C14H13NO4/c16-10-7-4-8-15(10)14-12(18)11(17)13(19-14)9-5-2-1-3-6-9/h1-3,5-6,17-18H,4,7-8H2. The van der Waals surface area contributed by atoms with Gasteiger partial charge in [0.25, 0.3) is 0 Å². The van der Waals surface area contributed by atoms with Gasteiger partial charge in [0, 0.05) is 18.5 Å². The molecule has 3 rings (SSSR count). The zero-order chi connectivity index (χ0) is 13.4. The van der Waals surface area contributed by atoms with E-state index in [1.165, 1.54) is 4.90 Å². The molecule has 19 heavy (non-hydrogen) atoms. The van der Waals surface area contributed by atoms with Crippen molar-refractivity contribution in [2.75, 3.05) is 11.4 Å². The van der Waals surface area contributed by atoms with Crippen molar-refractivity contribution >= 4 is 11.8 Å². The molecule has 2 heterocycles. The van der Waals surface area contributed by atoms with E-state index in [1.54, 1.807) is 24.3 Å². The van der Waals surface area contributed by atoms with E-state index in [9.17, 15) is 15.0 Å². The lowest BCUT2D eigenvalue weighted by molar-refractivity contribution is -0.117. The molecule has 1 aromatic heterocycles. The maximum absolute atomic E-state index is 11.7. The van der Waals surface area contributed by atoms with Gasteiger partial charge < -0.3 is 14.6 Å². The first-order chi connectivity index (χ1) is 9.18. The summed E-state index contributed by atoms with van der Waals surface area (Å²) in [4.78, 5) is 13.0. The molecule has 0 aliphatic carbocycles. The van der Waals surface area contributed by atoms with Crippen molar-refractivity contribution in [2.24, 2.45) is 0 Å². The van der Waals surface area contributed by atoms with Crippen LogP contribution in [0, 0.1) is 0 Å². The normalized spacial score (nSPS) is 15.2. The summed E-state index contributed by atoms with van der Waals surface area (Å²) < 4.78 is 5.49. The van der Waals surface area contributed by atoms with Gasteiger partial charge in [0.15, 0.2) is 5.76 Å². The maximum Gasteiger partial charge on any atom is 0.249 e. The molecular weight excluding hydrogens is 246 g/mol. The zero-order valence-electron chi connectivity index (χ0n) is 10.2. The Balaban J connectivity index is 2.07. The van der Waals surface area contributed by atoms with Gasteiger partial charge in [0.1, 0.15) is 0 Å². The molecule has 5 nitrogen and oxygen atoms in total. The second kappa shape index (κ2) is 4.35. The van der Waals surface area contributed by atoms with Crippen LogP contribution in [-0.2, 0) is 4.79 Å². The lowest BCUT2D eigenvalue weighted by Gasteiger charge is -2.11. The van der Waals surface area contributed by atoms with E-state index in [0.29, 0.717) is 18.5 Å². The Morgan fingerprint density at radius 2 is 1.84 bits per heavy atom. The molecule has 0 radical (unpaired) electrons. The van der Waals surface area contributed by atoms with Gasteiger partial charge in [-0.05, 0) is 6.42 Å². The van der Waals surface area contributed by atoms with E-state index in [0.717, 1.165) is 6.42 Å². The summed E-state index contributed by atoms with van der Waals surface area (Å²) in [5.74, 6) is -0.620. The fraction of sp³-hybridized carbons (Fsp3) is 0.214. The molecule has 2 aromatic rings. The predicted molar refractivity (Wildman–Crippen MR) is 69.1 cm³/mol. The number of rotatable bonds is 2. The van der Waals surface area contributed by atoms with Crippen LogP contribution in [0.4, 0.5) is 5.88 Å². The Morgan fingerprint density at radius 3 is 2.47 bits per heavy atom. The minimum absolute atomic E-state index is 0.0267.